The third-order valence-electron chi connectivity index (χ3n) is 7.78. The molecule has 5 aromatic rings. The molecule has 0 fully saturated rings. The lowest BCUT2D eigenvalue weighted by Gasteiger charge is -2.38. The van der Waals surface area contributed by atoms with Gasteiger partial charge in [0.1, 0.15) is 17.2 Å². The molecule has 0 aliphatic heterocycles. The number of para-hydroxylation sites is 1. The molecule has 254 valence electrons. The van der Waals surface area contributed by atoms with E-state index in [1.165, 1.54) is 38.1 Å². The second kappa shape index (κ2) is 13.2. The average Bonchev–Trinajstić information content (AvgIpc) is 3.03. The molecule has 0 heterocycles. The zero-order chi connectivity index (χ0) is 35.6. The zero-order valence-corrected chi connectivity index (χ0v) is 26.0. The van der Waals surface area contributed by atoms with Gasteiger partial charge in [0.15, 0.2) is 0 Å². The van der Waals surface area contributed by atoms with Gasteiger partial charge >= 0.3 is 18.5 Å². The third kappa shape index (κ3) is 7.19. The Labute approximate surface area is 277 Å². The first kappa shape index (κ1) is 34.8. The number of carbonyl (C=O) groups is 1. The Bertz CT molecular complexity index is 1850. The Kier molecular flexibility index (Phi) is 9.38. The van der Waals surface area contributed by atoms with E-state index in [9.17, 15) is 41.4 Å². The predicted molar refractivity (Wildman–Crippen MR) is 170 cm³/mol. The molecule has 5 aromatic carbocycles. The topological polar surface area (TPSA) is 79.2 Å². The van der Waals surface area contributed by atoms with Gasteiger partial charge in [0, 0.05) is 17.1 Å². The van der Waals surface area contributed by atoms with E-state index in [-0.39, 0.29) is 22.8 Å². The summed E-state index contributed by atoms with van der Waals surface area (Å²) in [6.45, 7) is 2.70. The number of nitrogens with zero attached hydrogens (tertiary/aromatic N) is 1. The van der Waals surface area contributed by atoms with E-state index in [1.54, 1.807) is 24.3 Å². The number of hydrogen-bond donors (Lipinski definition) is 2. The first-order valence-corrected chi connectivity index (χ1v) is 14.7. The fraction of sp³-hybridized carbons (Fsp3) is 0.162. The molecule has 0 spiro atoms. The number of aromatic hydroxyl groups is 1. The summed E-state index contributed by atoms with van der Waals surface area (Å²) in [5.41, 5.74) is -5.86. The van der Waals surface area contributed by atoms with Crippen molar-refractivity contribution in [1.29, 1.82) is 0 Å². The van der Waals surface area contributed by atoms with Crippen molar-refractivity contribution in [3.05, 3.63) is 144 Å². The molecule has 0 aliphatic rings. The minimum atomic E-state index is -5.83. The first-order valence-electron chi connectivity index (χ1n) is 14.7. The van der Waals surface area contributed by atoms with Crippen LogP contribution in [0.4, 0.5) is 48.2 Å². The predicted octanol–water partition coefficient (Wildman–Crippen LogP) is 10.1. The second-order valence-electron chi connectivity index (χ2n) is 11.5. The maximum atomic E-state index is 14.5. The fourth-order valence-electron chi connectivity index (χ4n) is 5.39. The molecule has 0 unspecified atom stereocenters. The van der Waals surface area contributed by atoms with E-state index in [0.29, 0.717) is 30.0 Å². The summed E-state index contributed by atoms with van der Waals surface area (Å²) >= 11 is 0. The number of carbonyl (C=O) groups excluding carboxylic acids is 1. The average molecular weight is 682 g/mol. The summed E-state index contributed by atoms with van der Waals surface area (Å²) in [5, 5.41) is 19.9. The van der Waals surface area contributed by atoms with Crippen molar-refractivity contribution < 1.29 is 50.8 Å². The van der Waals surface area contributed by atoms with Crippen molar-refractivity contribution in [2.75, 3.05) is 4.90 Å². The second-order valence-corrected chi connectivity index (χ2v) is 11.5. The van der Waals surface area contributed by atoms with E-state index in [4.69, 9.17) is 9.47 Å². The minimum Gasteiger partial charge on any atom is -0.508 e. The van der Waals surface area contributed by atoms with Gasteiger partial charge < -0.3 is 24.6 Å². The van der Waals surface area contributed by atoms with Crippen LogP contribution < -0.4 is 14.4 Å². The molecule has 0 radical (unpaired) electrons. The number of phenolic OH excluding ortho intramolecular Hbond substituents is 1. The van der Waals surface area contributed by atoms with Crippen LogP contribution in [-0.2, 0) is 11.0 Å². The van der Waals surface area contributed by atoms with Crippen molar-refractivity contribution in [1.82, 2.24) is 0 Å². The number of alkyl halides is 6. The molecule has 0 saturated carbocycles. The molecule has 0 aromatic heterocycles. The molecule has 0 amide bonds. The minimum absolute atomic E-state index is 0.0479. The molecule has 0 atom stereocenters. The number of aliphatic hydroxyl groups is 1. The van der Waals surface area contributed by atoms with Gasteiger partial charge in [-0.05, 0) is 103 Å². The van der Waals surface area contributed by atoms with Crippen LogP contribution in [0.15, 0.2) is 127 Å². The monoisotopic (exact) mass is 681 g/mol. The van der Waals surface area contributed by atoms with Crippen molar-refractivity contribution in [2.45, 2.75) is 37.2 Å². The molecule has 0 aliphatic carbocycles. The van der Waals surface area contributed by atoms with Crippen LogP contribution in [0.3, 0.4) is 0 Å². The van der Waals surface area contributed by atoms with Gasteiger partial charge in [0.2, 0.25) is 5.41 Å². The highest BCUT2D eigenvalue weighted by atomic mass is 19.4. The van der Waals surface area contributed by atoms with Crippen LogP contribution in [-0.4, -0.2) is 28.7 Å². The maximum absolute atomic E-state index is 14.5. The van der Waals surface area contributed by atoms with E-state index < -0.39 is 40.7 Å². The zero-order valence-electron chi connectivity index (χ0n) is 26.0. The molecule has 0 bridgehead atoms. The molecule has 5 rings (SSSR count). The summed E-state index contributed by atoms with van der Waals surface area (Å²) in [7, 11) is 0. The summed E-state index contributed by atoms with van der Waals surface area (Å²) in [4.78, 5) is 14.4. The standard InChI is InChI=1S/C37H29F6NO5/c1-34(2,47)24-8-10-25(11-9-24)35(36(38,39)40,37(41,42)43)26-12-20-31(21-13-26)48-33(46)49-32-22-16-29(17-23-32)44(27-6-4-3-5-7-27)28-14-18-30(45)19-15-28/h3-23,45,47H,1-2H3. The van der Waals surface area contributed by atoms with Crippen LogP contribution in [0.5, 0.6) is 17.2 Å². The van der Waals surface area contributed by atoms with E-state index in [2.05, 4.69) is 0 Å². The molecule has 0 saturated heterocycles. The van der Waals surface area contributed by atoms with Crippen molar-refractivity contribution in [3.63, 3.8) is 0 Å². The lowest BCUT2D eigenvalue weighted by molar-refractivity contribution is -0.288. The lowest BCUT2D eigenvalue weighted by Crippen LogP contribution is -2.54. The molecule has 12 heteroatoms. The summed E-state index contributed by atoms with van der Waals surface area (Å²) in [6.07, 6.45) is -12.9. The van der Waals surface area contributed by atoms with Gasteiger partial charge in [-0.3, -0.25) is 0 Å². The largest absolute Gasteiger partial charge is 0.519 e. The SMILES string of the molecule is CC(C)(O)c1ccc(C(c2ccc(OC(=O)Oc3ccc(N(c4ccccc4)c4ccc(O)cc4)cc3)cc2)(C(F)(F)F)C(F)(F)F)cc1. The van der Waals surface area contributed by atoms with Crippen LogP contribution in [0, 0.1) is 0 Å². The highest BCUT2D eigenvalue weighted by molar-refractivity contribution is 5.77. The molecule has 2 N–H and O–H groups in total. The number of rotatable bonds is 8. The Balaban J connectivity index is 1.36. The smallest absolute Gasteiger partial charge is 0.508 e. The van der Waals surface area contributed by atoms with Crippen LogP contribution in [0.25, 0.3) is 0 Å². The highest BCUT2D eigenvalue weighted by Crippen LogP contribution is 2.56. The highest BCUT2D eigenvalue weighted by Gasteiger charge is 2.72. The summed E-state index contributed by atoms with van der Waals surface area (Å²) in [5.74, 6) is -0.221. The Hall–Kier alpha value is -5.49. The van der Waals surface area contributed by atoms with Crippen LogP contribution in [0.2, 0.25) is 0 Å². The summed E-state index contributed by atoms with van der Waals surface area (Å²) < 4.78 is 97.4. The normalized spacial score (nSPS) is 12.3. The van der Waals surface area contributed by atoms with Crippen molar-refractivity contribution in [3.8, 4) is 17.2 Å². The van der Waals surface area contributed by atoms with Gasteiger partial charge in [-0.25, -0.2) is 4.79 Å². The van der Waals surface area contributed by atoms with Crippen molar-refractivity contribution >= 4 is 23.2 Å². The van der Waals surface area contributed by atoms with Gasteiger partial charge in [-0.2, -0.15) is 26.3 Å². The van der Waals surface area contributed by atoms with Gasteiger partial charge in [-0.15, -0.1) is 0 Å². The molecular formula is C37H29F6NO5. The van der Waals surface area contributed by atoms with E-state index in [0.717, 1.165) is 35.6 Å². The fourth-order valence-corrected chi connectivity index (χ4v) is 5.39. The Morgan fingerprint density at radius 3 is 1.35 bits per heavy atom. The summed E-state index contributed by atoms with van der Waals surface area (Å²) in [6, 6.07) is 28.3. The van der Waals surface area contributed by atoms with Gasteiger partial charge in [0.25, 0.3) is 0 Å². The van der Waals surface area contributed by atoms with Gasteiger partial charge in [0.05, 0.1) is 5.60 Å². The molecule has 49 heavy (non-hydrogen) atoms. The lowest BCUT2D eigenvalue weighted by atomic mass is 9.72. The first-order chi connectivity index (χ1) is 23.0. The van der Waals surface area contributed by atoms with Crippen LogP contribution in [0.1, 0.15) is 30.5 Å². The van der Waals surface area contributed by atoms with E-state index >= 15 is 0 Å². The molecular weight excluding hydrogens is 652 g/mol. The Morgan fingerprint density at radius 1 is 0.551 bits per heavy atom. The third-order valence-corrected chi connectivity index (χ3v) is 7.78. The number of phenols is 1. The van der Waals surface area contributed by atoms with Crippen LogP contribution >= 0.6 is 0 Å². The quantitative estimate of drug-likeness (QED) is 0.0965. The number of anilines is 3. The Morgan fingerprint density at radius 2 is 0.918 bits per heavy atom. The number of hydrogen-bond acceptors (Lipinski definition) is 6. The number of halogens is 6. The van der Waals surface area contributed by atoms with Crippen molar-refractivity contribution in [2.24, 2.45) is 0 Å². The number of benzene rings is 5. The molecule has 6 nitrogen and oxygen atoms in total. The number of ether oxygens (including phenoxy) is 2. The maximum Gasteiger partial charge on any atom is 0.519 e. The van der Waals surface area contributed by atoms with E-state index in [1.807, 2.05) is 35.2 Å². The van der Waals surface area contributed by atoms with Gasteiger partial charge in [-0.1, -0.05) is 54.6 Å².